The van der Waals surface area contributed by atoms with Crippen LogP contribution in [0, 0.1) is 5.92 Å². The average Bonchev–Trinajstić information content (AvgIpc) is 3.30. The van der Waals surface area contributed by atoms with E-state index in [1.54, 1.807) is 0 Å². The van der Waals surface area contributed by atoms with Gasteiger partial charge >= 0.3 is 0 Å². The molecule has 2 saturated heterocycles. The molecule has 0 aliphatic carbocycles. The Balaban J connectivity index is 1.21. The van der Waals surface area contributed by atoms with E-state index < -0.39 is 0 Å². The number of hydrogen-bond acceptors (Lipinski definition) is 5. The van der Waals surface area contributed by atoms with Gasteiger partial charge in [0, 0.05) is 56.4 Å². The van der Waals surface area contributed by atoms with Crippen LogP contribution in [0.3, 0.4) is 0 Å². The molecule has 164 valence electrons. The Labute approximate surface area is 187 Å². The van der Waals surface area contributed by atoms with Gasteiger partial charge in [0.25, 0.3) is 0 Å². The van der Waals surface area contributed by atoms with Gasteiger partial charge in [-0.05, 0) is 29.8 Å². The fraction of sp³-hybridized carbons (Fsp3) is 0.391. The van der Waals surface area contributed by atoms with E-state index in [1.165, 1.54) is 5.69 Å². The molecule has 0 radical (unpaired) electrons. The highest BCUT2D eigenvalue weighted by atomic mass is 35.5. The minimum atomic E-state index is -0.245. The fourth-order valence-corrected chi connectivity index (χ4v) is 4.29. The smallest absolute Gasteiger partial charge is 0.226 e. The summed E-state index contributed by atoms with van der Waals surface area (Å²) in [5.74, 6) is -0.213. The number of piperazine rings is 1. The molecule has 0 bridgehead atoms. The lowest BCUT2D eigenvalue weighted by Crippen LogP contribution is -2.49. The number of carbonyl (C=O) groups is 2. The van der Waals surface area contributed by atoms with Crippen LogP contribution in [0.4, 0.5) is 5.69 Å². The maximum absolute atomic E-state index is 12.7. The monoisotopic (exact) mass is 441 g/mol. The summed E-state index contributed by atoms with van der Waals surface area (Å²) in [4.78, 5) is 29.5. The van der Waals surface area contributed by atoms with Gasteiger partial charge in [0.2, 0.25) is 11.8 Å². The van der Waals surface area contributed by atoms with E-state index in [4.69, 9.17) is 11.6 Å². The summed E-state index contributed by atoms with van der Waals surface area (Å²) >= 11 is 5.96. The van der Waals surface area contributed by atoms with Gasteiger partial charge < -0.3 is 15.1 Å². The van der Waals surface area contributed by atoms with Crippen molar-refractivity contribution in [3.63, 3.8) is 0 Å². The van der Waals surface area contributed by atoms with Crippen LogP contribution in [0.5, 0.6) is 0 Å². The summed E-state index contributed by atoms with van der Waals surface area (Å²) in [6.07, 6.45) is 0.316. The van der Waals surface area contributed by atoms with Gasteiger partial charge in [-0.3, -0.25) is 15.0 Å². The third kappa shape index (κ3) is 5.36. The van der Waals surface area contributed by atoms with Gasteiger partial charge in [0.05, 0.1) is 12.0 Å². The normalized spacial score (nSPS) is 21.2. The first-order valence-electron chi connectivity index (χ1n) is 10.7. The van der Waals surface area contributed by atoms with Crippen LogP contribution in [-0.4, -0.2) is 56.0 Å². The maximum Gasteiger partial charge on any atom is 0.226 e. The molecule has 8 heteroatoms. The zero-order chi connectivity index (χ0) is 21.6. The number of rotatable bonds is 6. The van der Waals surface area contributed by atoms with Crippen LogP contribution in [0.15, 0.2) is 54.6 Å². The second-order valence-electron chi connectivity index (χ2n) is 7.91. The SMILES string of the molecule is O=C(NCCC(=O)N1CCN(c2ccccc2)CC1)C1CNNC1c1ccc(Cl)cc1. The van der Waals surface area contributed by atoms with E-state index in [0.717, 1.165) is 18.7 Å². The van der Waals surface area contributed by atoms with Crippen molar-refractivity contribution < 1.29 is 9.59 Å². The Hall–Kier alpha value is -2.61. The standard InChI is InChI=1S/C23H28ClN5O2/c24-18-8-6-17(7-9-18)22-20(16-26-27-22)23(31)25-11-10-21(30)29-14-12-28(13-15-29)19-4-2-1-3-5-19/h1-9,20,22,26-27H,10-16H2,(H,25,31). The van der Waals surface area contributed by atoms with Crippen molar-refractivity contribution in [2.24, 2.45) is 5.92 Å². The molecule has 0 saturated carbocycles. The molecule has 2 aromatic rings. The summed E-state index contributed by atoms with van der Waals surface area (Å²) in [6, 6.07) is 17.6. The largest absolute Gasteiger partial charge is 0.368 e. The van der Waals surface area contributed by atoms with Crippen LogP contribution in [-0.2, 0) is 9.59 Å². The zero-order valence-corrected chi connectivity index (χ0v) is 18.1. The van der Waals surface area contributed by atoms with Crippen LogP contribution in [0.25, 0.3) is 0 Å². The molecule has 31 heavy (non-hydrogen) atoms. The lowest BCUT2D eigenvalue weighted by Gasteiger charge is -2.36. The van der Waals surface area contributed by atoms with Crippen molar-refractivity contribution in [3.05, 3.63) is 65.2 Å². The number of carbonyl (C=O) groups excluding carboxylic acids is 2. The second-order valence-corrected chi connectivity index (χ2v) is 8.34. The summed E-state index contributed by atoms with van der Waals surface area (Å²) < 4.78 is 0. The number of hydrazine groups is 1. The Morgan fingerprint density at radius 3 is 2.42 bits per heavy atom. The second kappa shape index (κ2) is 10.1. The van der Waals surface area contributed by atoms with Crippen LogP contribution >= 0.6 is 11.6 Å². The number of amides is 2. The van der Waals surface area contributed by atoms with Crippen molar-refractivity contribution >= 4 is 29.1 Å². The summed E-state index contributed by atoms with van der Waals surface area (Å²) in [7, 11) is 0. The Kier molecular flexibility index (Phi) is 7.06. The molecular weight excluding hydrogens is 414 g/mol. The fourth-order valence-electron chi connectivity index (χ4n) is 4.16. The minimum absolute atomic E-state index is 0.0563. The molecule has 4 rings (SSSR count). The predicted molar refractivity (Wildman–Crippen MR) is 122 cm³/mol. The van der Waals surface area contributed by atoms with Crippen molar-refractivity contribution in [1.82, 2.24) is 21.1 Å². The van der Waals surface area contributed by atoms with E-state index in [-0.39, 0.29) is 23.8 Å². The highest BCUT2D eigenvalue weighted by molar-refractivity contribution is 6.30. The van der Waals surface area contributed by atoms with Crippen LogP contribution in [0.1, 0.15) is 18.0 Å². The molecular formula is C23H28ClN5O2. The van der Waals surface area contributed by atoms with Gasteiger partial charge in [-0.15, -0.1) is 0 Å². The van der Waals surface area contributed by atoms with Crippen molar-refractivity contribution in [1.29, 1.82) is 0 Å². The number of halogens is 1. The van der Waals surface area contributed by atoms with E-state index in [2.05, 4.69) is 33.2 Å². The van der Waals surface area contributed by atoms with Crippen molar-refractivity contribution in [3.8, 4) is 0 Å². The molecule has 3 N–H and O–H groups in total. The predicted octanol–water partition coefficient (Wildman–Crippen LogP) is 1.96. The van der Waals surface area contributed by atoms with Gasteiger partial charge in [-0.1, -0.05) is 41.9 Å². The molecule has 2 unspecified atom stereocenters. The molecule has 2 heterocycles. The van der Waals surface area contributed by atoms with E-state index in [0.29, 0.717) is 37.6 Å². The van der Waals surface area contributed by atoms with Gasteiger partial charge in [-0.25, -0.2) is 5.43 Å². The molecule has 2 aliphatic heterocycles. The number of hydrogen-bond donors (Lipinski definition) is 3. The minimum Gasteiger partial charge on any atom is -0.368 e. The number of para-hydroxylation sites is 1. The first-order chi connectivity index (χ1) is 15.1. The summed E-state index contributed by atoms with van der Waals surface area (Å²) in [5, 5.41) is 3.60. The molecule has 2 aromatic carbocycles. The molecule has 2 amide bonds. The lowest BCUT2D eigenvalue weighted by molar-refractivity contribution is -0.131. The van der Waals surface area contributed by atoms with Gasteiger partial charge in [0.15, 0.2) is 0 Å². The molecule has 2 aliphatic rings. The first kappa shape index (κ1) is 21.6. The molecule has 7 nitrogen and oxygen atoms in total. The number of nitrogens with zero attached hydrogens (tertiary/aromatic N) is 2. The van der Waals surface area contributed by atoms with Crippen LogP contribution < -0.4 is 21.1 Å². The average molecular weight is 442 g/mol. The molecule has 0 aromatic heterocycles. The van der Waals surface area contributed by atoms with Gasteiger partial charge in [0.1, 0.15) is 0 Å². The molecule has 2 fully saturated rings. The summed E-state index contributed by atoms with van der Waals surface area (Å²) in [5.41, 5.74) is 8.41. The van der Waals surface area contributed by atoms with E-state index >= 15 is 0 Å². The van der Waals surface area contributed by atoms with Crippen molar-refractivity contribution in [2.45, 2.75) is 12.5 Å². The molecule has 0 spiro atoms. The quantitative estimate of drug-likeness (QED) is 0.639. The number of anilines is 1. The van der Waals surface area contributed by atoms with Gasteiger partial charge in [-0.2, -0.15) is 0 Å². The molecule has 2 atom stereocenters. The third-order valence-corrected chi connectivity index (χ3v) is 6.19. The topological polar surface area (TPSA) is 76.7 Å². The Bertz CT molecular complexity index is 885. The first-order valence-corrected chi connectivity index (χ1v) is 11.1. The van der Waals surface area contributed by atoms with Crippen molar-refractivity contribution in [2.75, 3.05) is 44.2 Å². The highest BCUT2D eigenvalue weighted by Gasteiger charge is 2.33. The number of benzene rings is 2. The van der Waals surface area contributed by atoms with E-state index in [9.17, 15) is 9.59 Å². The maximum atomic E-state index is 12.7. The number of nitrogens with one attached hydrogen (secondary N) is 3. The Morgan fingerprint density at radius 1 is 1.00 bits per heavy atom. The Morgan fingerprint density at radius 2 is 1.71 bits per heavy atom. The third-order valence-electron chi connectivity index (χ3n) is 5.94. The highest BCUT2D eigenvalue weighted by Crippen LogP contribution is 2.26. The van der Waals surface area contributed by atoms with Crippen LogP contribution in [0.2, 0.25) is 5.02 Å². The zero-order valence-electron chi connectivity index (χ0n) is 17.4. The van der Waals surface area contributed by atoms with E-state index in [1.807, 2.05) is 47.4 Å². The summed E-state index contributed by atoms with van der Waals surface area (Å²) in [6.45, 7) is 3.94. The lowest BCUT2D eigenvalue weighted by atomic mass is 9.94.